The lowest BCUT2D eigenvalue weighted by Crippen LogP contribution is -2.62. The number of likely N-dealkylation sites (tertiary alicyclic amines) is 1. The third kappa shape index (κ3) is 3.70. The highest BCUT2D eigenvalue weighted by Crippen LogP contribution is 2.18. The number of ether oxygens (including phenoxy) is 2. The lowest BCUT2D eigenvalue weighted by Gasteiger charge is -2.43. The quantitative estimate of drug-likeness (QED) is 0.733. The summed E-state index contributed by atoms with van der Waals surface area (Å²) in [5.41, 5.74) is 0. The van der Waals surface area contributed by atoms with E-state index in [4.69, 9.17) is 14.0 Å². The van der Waals surface area contributed by atoms with Crippen LogP contribution in [0.2, 0.25) is 0 Å². The molecule has 2 aliphatic rings. The van der Waals surface area contributed by atoms with Crippen LogP contribution in [0.25, 0.3) is 0 Å². The fraction of sp³-hybridized carbons (Fsp3) is 0.800. The Morgan fingerprint density at radius 3 is 2.91 bits per heavy atom. The fourth-order valence-electron chi connectivity index (χ4n) is 2.86. The molecule has 23 heavy (non-hydrogen) atoms. The monoisotopic (exact) mass is 324 g/mol. The van der Waals surface area contributed by atoms with Gasteiger partial charge in [0.2, 0.25) is 5.91 Å². The normalized spacial score (nSPS) is 23.0. The largest absolute Gasteiger partial charge is 0.378 e. The van der Waals surface area contributed by atoms with Crippen molar-refractivity contribution in [3.63, 3.8) is 0 Å². The van der Waals surface area contributed by atoms with Gasteiger partial charge in [0, 0.05) is 26.1 Å². The van der Waals surface area contributed by atoms with Crippen molar-refractivity contribution in [1.82, 2.24) is 19.9 Å². The van der Waals surface area contributed by atoms with Gasteiger partial charge in [0.25, 0.3) is 5.89 Å². The Balaban J connectivity index is 1.42. The summed E-state index contributed by atoms with van der Waals surface area (Å²) in [6.45, 7) is 8.44. The summed E-state index contributed by atoms with van der Waals surface area (Å²) in [6, 6.07) is -0.155. The van der Waals surface area contributed by atoms with Gasteiger partial charge in [0.05, 0.1) is 19.3 Å². The third-order valence-electron chi connectivity index (χ3n) is 4.36. The Hall–Kier alpha value is -1.51. The van der Waals surface area contributed by atoms with Crippen molar-refractivity contribution < 1.29 is 18.8 Å². The van der Waals surface area contributed by atoms with Gasteiger partial charge in [-0.3, -0.25) is 9.69 Å². The molecule has 8 nitrogen and oxygen atoms in total. The van der Waals surface area contributed by atoms with E-state index < -0.39 is 0 Å². The van der Waals surface area contributed by atoms with Crippen LogP contribution < -0.4 is 0 Å². The number of rotatable bonds is 6. The van der Waals surface area contributed by atoms with Crippen LogP contribution in [0.1, 0.15) is 25.6 Å². The lowest BCUT2D eigenvalue weighted by atomic mass is 10.1. The summed E-state index contributed by atoms with van der Waals surface area (Å²) in [7, 11) is 0. The Kier molecular flexibility index (Phi) is 5.24. The molecule has 3 rings (SSSR count). The van der Waals surface area contributed by atoms with E-state index in [2.05, 4.69) is 22.0 Å². The zero-order valence-electron chi connectivity index (χ0n) is 13.7. The highest BCUT2D eigenvalue weighted by atomic mass is 16.5. The predicted molar refractivity (Wildman–Crippen MR) is 80.7 cm³/mol. The topological polar surface area (TPSA) is 80.9 Å². The summed E-state index contributed by atoms with van der Waals surface area (Å²) in [5.74, 6) is 1.31. The zero-order chi connectivity index (χ0) is 16.2. The van der Waals surface area contributed by atoms with Gasteiger partial charge in [-0.2, -0.15) is 4.98 Å². The minimum absolute atomic E-state index is 0.0375. The second-order valence-corrected chi connectivity index (χ2v) is 5.85. The number of hydrogen-bond acceptors (Lipinski definition) is 7. The minimum atomic E-state index is -0.155. The molecule has 2 saturated heterocycles. The van der Waals surface area contributed by atoms with Gasteiger partial charge >= 0.3 is 0 Å². The average molecular weight is 324 g/mol. The number of aryl methyl sites for hydroxylation is 1. The second-order valence-electron chi connectivity index (χ2n) is 5.85. The van der Waals surface area contributed by atoms with E-state index in [9.17, 15) is 4.79 Å². The predicted octanol–water partition coefficient (Wildman–Crippen LogP) is 0.0801. The number of aromatic nitrogens is 2. The summed E-state index contributed by atoms with van der Waals surface area (Å²) in [5, 5.41) is 3.83. The molecule has 8 heteroatoms. The molecule has 0 aliphatic carbocycles. The van der Waals surface area contributed by atoms with Crippen LogP contribution in [0.15, 0.2) is 4.52 Å². The number of nitrogens with zero attached hydrogens (tertiary/aromatic N) is 4. The molecular formula is C15H24N4O4. The standard InChI is InChI=1S/C15H24N4O4/c1-3-13-16-14(23-17-13)10-22-11-7-19(8-11)15(20)12-9-21-6-5-18(12)4-2/h11-12H,3-10H2,1-2H3. The molecule has 0 saturated carbocycles. The first-order valence-electron chi connectivity index (χ1n) is 8.24. The molecule has 0 spiro atoms. The van der Waals surface area contributed by atoms with Gasteiger partial charge in [-0.15, -0.1) is 0 Å². The first-order chi connectivity index (χ1) is 11.2. The summed E-state index contributed by atoms with van der Waals surface area (Å²) >= 11 is 0. The summed E-state index contributed by atoms with van der Waals surface area (Å²) in [4.78, 5) is 20.7. The van der Waals surface area contributed by atoms with Gasteiger partial charge in [-0.25, -0.2) is 0 Å². The molecular weight excluding hydrogens is 300 g/mol. The van der Waals surface area contributed by atoms with Crippen molar-refractivity contribution in [2.24, 2.45) is 0 Å². The van der Waals surface area contributed by atoms with E-state index in [-0.39, 0.29) is 18.1 Å². The molecule has 1 amide bonds. The van der Waals surface area contributed by atoms with E-state index in [1.807, 2.05) is 11.8 Å². The smallest absolute Gasteiger partial charge is 0.252 e. The molecule has 2 fully saturated rings. The van der Waals surface area contributed by atoms with Crippen molar-refractivity contribution in [2.75, 3.05) is 39.4 Å². The van der Waals surface area contributed by atoms with Crippen LogP contribution in [0.3, 0.4) is 0 Å². The van der Waals surface area contributed by atoms with Crippen molar-refractivity contribution >= 4 is 5.91 Å². The molecule has 0 radical (unpaired) electrons. The SMILES string of the molecule is CCc1noc(COC2CN(C(=O)C3COCCN3CC)C2)n1. The van der Waals surface area contributed by atoms with E-state index in [1.54, 1.807) is 0 Å². The van der Waals surface area contributed by atoms with E-state index in [0.29, 0.717) is 44.6 Å². The Labute approximate surface area is 135 Å². The van der Waals surface area contributed by atoms with Crippen molar-refractivity contribution in [3.05, 3.63) is 11.7 Å². The Morgan fingerprint density at radius 2 is 2.22 bits per heavy atom. The van der Waals surface area contributed by atoms with Gasteiger partial charge < -0.3 is 18.9 Å². The Bertz CT molecular complexity index is 529. The van der Waals surface area contributed by atoms with Gasteiger partial charge in [0.1, 0.15) is 12.6 Å². The van der Waals surface area contributed by atoms with Crippen molar-refractivity contribution in [1.29, 1.82) is 0 Å². The lowest BCUT2D eigenvalue weighted by molar-refractivity contribution is -0.157. The van der Waals surface area contributed by atoms with Crippen molar-refractivity contribution in [2.45, 2.75) is 39.0 Å². The van der Waals surface area contributed by atoms with Crippen LogP contribution in [0.5, 0.6) is 0 Å². The highest BCUT2D eigenvalue weighted by molar-refractivity contribution is 5.83. The molecule has 1 unspecified atom stereocenters. The van der Waals surface area contributed by atoms with Gasteiger partial charge in [-0.1, -0.05) is 19.0 Å². The van der Waals surface area contributed by atoms with E-state index in [0.717, 1.165) is 19.5 Å². The number of hydrogen-bond donors (Lipinski definition) is 0. The van der Waals surface area contributed by atoms with Crippen LogP contribution in [-0.2, 0) is 27.3 Å². The number of likely N-dealkylation sites (N-methyl/N-ethyl adjacent to an activating group) is 1. The number of amides is 1. The molecule has 1 aromatic rings. The van der Waals surface area contributed by atoms with Gasteiger partial charge in [-0.05, 0) is 6.54 Å². The van der Waals surface area contributed by atoms with Crippen LogP contribution in [0, 0.1) is 0 Å². The maximum absolute atomic E-state index is 12.5. The summed E-state index contributed by atoms with van der Waals surface area (Å²) in [6.07, 6.45) is 0.780. The van der Waals surface area contributed by atoms with Crippen LogP contribution >= 0.6 is 0 Å². The summed E-state index contributed by atoms with van der Waals surface area (Å²) < 4.78 is 16.2. The molecule has 0 N–H and O–H groups in total. The van der Waals surface area contributed by atoms with Crippen LogP contribution in [0.4, 0.5) is 0 Å². The molecule has 0 bridgehead atoms. The van der Waals surface area contributed by atoms with E-state index in [1.165, 1.54) is 0 Å². The number of carbonyl (C=O) groups excluding carboxylic acids is 1. The third-order valence-corrected chi connectivity index (χ3v) is 4.36. The maximum Gasteiger partial charge on any atom is 0.252 e. The molecule has 1 atom stereocenters. The average Bonchev–Trinajstić information content (AvgIpc) is 3.01. The molecule has 1 aromatic heterocycles. The number of morpholine rings is 1. The first-order valence-corrected chi connectivity index (χ1v) is 8.24. The zero-order valence-corrected chi connectivity index (χ0v) is 13.7. The van der Waals surface area contributed by atoms with Gasteiger partial charge in [0.15, 0.2) is 5.82 Å². The molecule has 128 valence electrons. The first kappa shape index (κ1) is 16.4. The van der Waals surface area contributed by atoms with Crippen molar-refractivity contribution in [3.8, 4) is 0 Å². The second kappa shape index (κ2) is 7.37. The molecule has 2 aliphatic heterocycles. The van der Waals surface area contributed by atoms with E-state index >= 15 is 0 Å². The maximum atomic E-state index is 12.5. The highest BCUT2D eigenvalue weighted by Gasteiger charge is 2.38. The number of carbonyl (C=O) groups is 1. The fourth-order valence-corrected chi connectivity index (χ4v) is 2.86. The minimum Gasteiger partial charge on any atom is -0.378 e. The molecule has 0 aromatic carbocycles. The van der Waals surface area contributed by atoms with Crippen LogP contribution in [-0.4, -0.2) is 77.4 Å². The molecule has 3 heterocycles. The Morgan fingerprint density at radius 1 is 1.39 bits per heavy atom.